The zero-order chi connectivity index (χ0) is 20.5. The van der Waals surface area contributed by atoms with Crippen LogP contribution in [0.5, 0.6) is 0 Å². The molecule has 1 aliphatic rings. The topological polar surface area (TPSA) is 93.2 Å². The molecule has 154 valence electrons. The van der Waals surface area contributed by atoms with Crippen LogP contribution in [0.1, 0.15) is 36.9 Å². The Hall–Kier alpha value is -2.67. The molecule has 1 fully saturated rings. The maximum Gasteiger partial charge on any atom is 0.407 e. The number of benzene rings is 1. The molecule has 1 saturated carbocycles. The molecule has 1 aliphatic carbocycles. The van der Waals surface area contributed by atoms with Crippen LogP contribution in [0.25, 0.3) is 0 Å². The van der Waals surface area contributed by atoms with E-state index in [4.69, 9.17) is 16.3 Å². The van der Waals surface area contributed by atoms with Gasteiger partial charge in [-0.25, -0.2) is 9.78 Å². The molecule has 2 N–H and O–H groups in total. The van der Waals surface area contributed by atoms with Crippen LogP contribution in [0.3, 0.4) is 0 Å². The predicted molar refractivity (Wildman–Crippen MR) is 109 cm³/mol. The van der Waals surface area contributed by atoms with Crippen molar-refractivity contribution in [3.8, 4) is 0 Å². The molecule has 0 radical (unpaired) electrons. The van der Waals surface area contributed by atoms with E-state index in [2.05, 4.69) is 20.6 Å². The molecule has 2 aromatic rings. The largest absolute Gasteiger partial charge is 0.449 e. The monoisotopic (exact) mass is 416 g/mol. The summed E-state index contributed by atoms with van der Waals surface area (Å²) in [5, 5.41) is 5.95. The van der Waals surface area contributed by atoms with E-state index in [1.54, 1.807) is 6.20 Å². The Kier molecular flexibility index (Phi) is 7.81. The minimum Gasteiger partial charge on any atom is -0.449 e. The number of hydrogen-bond donors (Lipinski definition) is 2. The zero-order valence-electron chi connectivity index (χ0n) is 16.1. The Morgan fingerprint density at radius 2 is 1.72 bits per heavy atom. The quantitative estimate of drug-likeness (QED) is 0.720. The van der Waals surface area contributed by atoms with Crippen molar-refractivity contribution in [1.29, 1.82) is 0 Å². The van der Waals surface area contributed by atoms with Crippen molar-refractivity contribution < 1.29 is 14.3 Å². The second-order valence-electron chi connectivity index (χ2n) is 7.17. The minimum absolute atomic E-state index is 0.00620. The van der Waals surface area contributed by atoms with Crippen LogP contribution < -0.4 is 10.6 Å². The molecular formula is C21H25ClN4O3. The van der Waals surface area contributed by atoms with Crippen molar-refractivity contribution in [2.24, 2.45) is 11.8 Å². The number of halogens is 1. The van der Waals surface area contributed by atoms with Crippen LogP contribution >= 0.6 is 11.6 Å². The summed E-state index contributed by atoms with van der Waals surface area (Å²) in [4.78, 5) is 32.3. The van der Waals surface area contributed by atoms with Crippen LogP contribution in [-0.4, -0.2) is 28.6 Å². The van der Waals surface area contributed by atoms with Crippen LogP contribution in [0, 0.1) is 11.8 Å². The molecular weight excluding hydrogens is 392 g/mol. The summed E-state index contributed by atoms with van der Waals surface area (Å²) in [7, 11) is 0. The standard InChI is InChI=1S/C21H25ClN4O3/c22-19-18(23-10-11-24-19)13-25-20(27)17-8-6-16(7-9-17)14-29-21(28)26-12-15-4-2-1-3-5-15/h1-5,10-11,16-17H,6-9,12-14H2,(H,25,27)(H,26,28). The molecule has 1 heterocycles. The van der Waals surface area contributed by atoms with Crippen molar-refractivity contribution in [1.82, 2.24) is 20.6 Å². The van der Waals surface area contributed by atoms with Gasteiger partial charge in [-0.05, 0) is 37.2 Å². The van der Waals surface area contributed by atoms with Gasteiger partial charge < -0.3 is 15.4 Å². The number of alkyl carbamates (subject to hydrolysis) is 1. The van der Waals surface area contributed by atoms with Gasteiger partial charge in [0.15, 0.2) is 5.15 Å². The first-order valence-corrected chi connectivity index (χ1v) is 10.2. The van der Waals surface area contributed by atoms with E-state index in [-0.39, 0.29) is 24.3 Å². The lowest BCUT2D eigenvalue weighted by atomic mass is 9.82. The molecule has 1 aromatic heterocycles. The van der Waals surface area contributed by atoms with Gasteiger partial charge in [0.1, 0.15) is 0 Å². The Labute approximate surface area is 175 Å². The molecule has 0 bridgehead atoms. The molecule has 3 rings (SSSR count). The summed E-state index contributed by atoms with van der Waals surface area (Å²) in [5.74, 6) is 0.260. The lowest BCUT2D eigenvalue weighted by Crippen LogP contribution is -2.34. The van der Waals surface area contributed by atoms with Gasteiger partial charge in [0.05, 0.1) is 18.8 Å². The van der Waals surface area contributed by atoms with Crippen molar-refractivity contribution in [2.75, 3.05) is 6.61 Å². The fourth-order valence-electron chi connectivity index (χ4n) is 3.39. The third-order valence-electron chi connectivity index (χ3n) is 5.10. The fraction of sp³-hybridized carbons (Fsp3) is 0.429. The summed E-state index contributed by atoms with van der Waals surface area (Å²) in [6.45, 7) is 1.10. The molecule has 0 unspecified atom stereocenters. The Morgan fingerprint density at radius 1 is 1.00 bits per heavy atom. The van der Waals surface area contributed by atoms with Crippen LogP contribution in [0.4, 0.5) is 4.79 Å². The number of hydrogen-bond acceptors (Lipinski definition) is 5. The summed E-state index contributed by atoms with van der Waals surface area (Å²) < 4.78 is 5.34. The number of ether oxygens (including phenoxy) is 1. The van der Waals surface area contributed by atoms with Crippen LogP contribution in [0.2, 0.25) is 5.15 Å². The van der Waals surface area contributed by atoms with E-state index in [0.717, 1.165) is 31.2 Å². The maximum absolute atomic E-state index is 12.4. The highest BCUT2D eigenvalue weighted by Gasteiger charge is 2.27. The van der Waals surface area contributed by atoms with Gasteiger partial charge in [0.2, 0.25) is 5.91 Å². The number of nitrogens with one attached hydrogen (secondary N) is 2. The molecule has 2 amide bonds. The highest BCUT2D eigenvalue weighted by atomic mass is 35.5. The van der Waals surface area contributed by atoms with E-state index in [0.29, 0.717) is 24.0 Å². The molecule has 1 aromatic carbocycles. The van der Waals surface area contributed by atoms with Crippen LogP contribution in [-0.2, 0) is 22.6 Å². The van der Waals surface area contributed by atoms with Crippen molar-refractivity contribution in [3.05, 3.63) is 59.1 Å². The number of aromatic nitrogens is 2. The Bertz CT molecular complexity index is 811. The van der Waals surface area contributed by atoms with Gasteiger partial charge in [0.25, 0.3) is 0 Å². The summed E-state index contributed by atoms with van der Waals surface area (Å²) >= 11 is 5.96. The Morgan fingerprint density at radius 3 is 2.45 bits per heavy atom. The maximum atomic E-state index is 12.4. The molecule has 7 nitrogen and oxygen atoms in total. The van der Waals surface area contributed by atoms with Gasteiger partial charge >= 0.3 is 6.09 Å². The molecule has 0 atom stereocenters. The number of amides is 2. The normalized spacial score (nSPS) is 18.7. The minimum atomic E-state index is -0.408. The number of nitrogens with zero attached hydrogens (tertiary/aromatic N) is 2. The van der Waals surface area contributed by atoms with Gasteiger partial charge in [-0.1, -0.05) is 41.9 Å². The third kappa shape index (κ3) is 6.71. The number of rotatable bonds is 7. The zero-order valence-corrected chi connectivity index (χ0v) is 16.9. The average Bonchev–Trinajstić information content (AvgIpc) is 2.76. The number of carbonyl (C=O) groups excluding carboxylic acids is 2. The first-order chi connectivity index (χ1) is 14.1. The van der Waals surface area contributed by atoms with Gasteiger partial charge in [-0.15, -0.1) is 0 Å². The summed E-state index contributed by atoms with van der Waals surface area (Å²) in [6, 6.07) is 9.69. The van der Waals surface area contributed by atoms with Gasteiger partial charge in [-0.3, -0.25) is 9.78 Å². The SMILES string of the molecule is O=C(NCc1ccccc1)OCC1CCC(C(=O)NCc2nccnc2Cl)CC1. The molecule has 0 saturated heterocycles. The predicted octanol–water partition coefficient (Wildman–Crippen LogP) is 3.48. The fourth-order valence-corrected chi connectivity index (χ4v) is 3.56. The smallest absolute Gasteiger partial charge is 0.407 e. The molecule has 0 spiro atoms. The first-order valence-electron chi connectivity index (χ1n) is 9.79. The van der Waals surface area contributed by atoms with Gasteiger partial charge in [0, 0.05) is 24.9 Å². The summed E-state index contributed by atoms with van der Waals surface area (Å²) in [5.41, 5.74) is 1.59. The van der Waals surface area contributed by atoms with Crippen molar-refractivity contribution in [3.63, 3.8) is 0 Å². The van der Waals surface area contributed by atoms with E-state index in [1.807, 2.05) is 30.3 Å². The highest BCUT2D eigenvalue weighted by molar-refractivity contribution is 6.29. The molecule has 8 heteroatoms. The molecule has 0 aliphatic heterocycles. The second-order valence-corrected chi connectivity index (χ2v) is 7.52. The lowest BCUT2D eigenvalue weighted by molar-refractivity contribution is -0.126. The van der Waals surface area contributed by atoms with Crippen molar-refractivity contribution >= 4 is 23.6 Å². The van der Waals surface area contributed by atoms with E-state index >= 15 is 0 Å². The summed E-state index contributed by atoms with van der Waals surface area (Å²) in [6.07, 6.45) is 5.92. The Balaban J connectivity index is 1.32. The van der Waals surface area contributed by atoms with E-state index in [1.165, 1.54) is 6.20 Å². The van der Waals surface area contributed by atoms with E-state index in [9.17, 15) is 9.59 Å². The second kappa shape index (κ2) is 10.8. The molecule has 29 heavy (non-hydrogen) atoms. The van der Waals surface area contributed by atoms with Crippen molar-refractivity contribution in [2.45, 2.75) is 38.8 Å². The van der Waals surface area contributed by atoms with E-state index < -0.39 is 6.09 Å². The number of carbonyl (C=O) groups is 2. The van der Waals surface area contributed by atoms with Crippen LogP contribution in [0.15, 0.2) is 42.7 Å². The lowest BCUT2D eigenvalue weighted by Gasteiger charge is -2.27. The van der Waals surface area contributed by atoms with Gasteiger partial charge in [-0.2, -0.15) is 0 Å². The average molecular weight is 417 g/mol. The first kappa shape index (κ1) is 21.0. The third-order valence-corrected chi connectivity index (χ3v) is 5.42. The highest BCUT2D eigenvalue weighted by Crippen LogP contribution is 2.29.